The third-order valence-electron chi connectivity index (χ3n) is 11.1. The Kier molecular flexibility index (Phi) is 14.6. The molecule has 0 bridgehead atoms. The molecule has 7 rings (SSSR count). The van der Waals surface area contributed by atoms with Gasteiger partial charge in [-0.15, -0.1) is 0 Å². The number of ether oxygens (including phenoxy) is 2. The maximum Gasteiger partial charge on any atom is 0.241 e. The van der Waals surface area contributed by atoms with Gasteiger partial charge in [-0.25, -0.2) is 8.42 Å². The molecule has 11 nitrogen and oxygen atoms in total. The van der Waals surface area contributed by atoms with E-state index in [0.29, 0.717) is 25.1 Å². The molecule has 1 saturated heterocycles. The molecular formula is C50H53N3O8S. The summed E-state index contributed by atoms with van der Waals surface area (Å²) in [5, 5.41) is 33.5. The van der Waals surface area contributed by atoms with E-state index >= 15 is 0 Å². The summed E-state index contributed by atoms with van der Waals surface area (Å²) in [6, 6.07) is 44.8. The van der Waals surface area contributed by atoms with Crippen molar-refractivity contribution in [2.75, 3.05) is 20.1 Å². The number of aromatic hydroxyl groups is 1. The Balaban J connectivity index is 1.06. The van der Waals surface area contributed by atoms with E-state index in [4.69, 9.17) is 9.47 Å². The van der Waals surface area contributed by atoms with Crippen LogP contribution in [0.25, 0.3) is 11.1 Å². The van der Waals surface area contributed by atoms with Gasteiger partial charge in [0.1, 0.15) is 11.8 Å². The standard InChI is InChI=1S/C50H53N3O8S/c1-34-15-25-44(26-16-34)62(58,59)52-46(27-35-9-4-3-5-10-35)49(57)51-30-41-11-6-7-14-45(41)37-21-23-39(24-22-37)50-60-43(29-48(61-50)38-19-17-36(33-54)18-20-38)31-53(2)32-47(56)40-12-8-13-42(55)28-40/h3-26,28,43,46-48,50,52,54-56H,27,29-33H2,1-2H3,(H,51,57). The number of rotatable bonds is 17. The number of hydrogen-bond donors (Lipinski definition) is 5. The van der Waals surface area contributed by atoms with Crippen molar-refractivity contribution in [2.45, 2.75) is 68.5 Å². The second kappa shape index (κ2) is 20.4. The molecule has 62 heavy (non-hydrogen) atoms. The SMILES string of the molecule is Cc1ccc(S(=O)(=O)NC(Cc2ccccc2)C(=O)NCc2ccccc2-c2ccc(C3OC(CN(C)CC(O)c4cccc(O)c4)CC(c4ccc(CO)cc4)O3)cc2)cc1. The molecule has 6 aromatic rings. The third kappa shape index (κ3) is 11.6. The Bertz CT molecular complexity index is 2500. The highest BCUT2D eigenvalue weighted by Crippen LogP contribution is 2.39. The Hall–Kier alpha value is -5.70. The summed E-state index contributed by atoms with van der Waals surface area (Å²) < 4.78 is 42.7. The van der Waals surface area contributed by atoms with Crippen LogP contribution in [0.5, 0.6) is 5.75 Å². The lowest BCUT2D eigenvalue weighted by molar-refractivity contribution is -0.252. The van der Waals surface area contributed by atoms with Crippen LogP contribution < -0.4 is 10.0 Å². The number of sulfonamides is 1. The van der Waals surface area contributed by atoms with E-state index in [1.165, 1.54) is 12.1 Å². The predicted molar refractivity (Wildman–Crippen MR) is 238 cm³/mol. The zero-order valence-corrected chi connectivity index (χ0v) is 35.6. The van der Waals surface area contributed by atoms with Gasteiger partial charge < -0.3 is 35.0 Å². The van der Waals surface area contributed by atoms with Gasteiger partial charge in [0.2, 0.25) is 15.9 Å². The van der Waals surface area contributed by atoms with Gasteiger partial charge in [0.05, 0.1) is 29.8 Å². The quantitative estimate of drug-likeness (QED) is 0.0637. The number of aryl methyl sites for hydroxylation is 1. The fourth-order valence-electron chi connectivity index (χ4n) is 7.68. The average molecular weight is 856 g/mol. The molecule has 0 saturated carbocycles. The molecule has 0 aromatic heterocycles. The van der Waals surface area contributed by atoms with E-state index in [2.05, 4.69) is 10.0 Å². The second-order valence-corrected chi connectivity index (χ2v) is 17.6. The lowest BCUT2D eigenvalue weighted by atomic mass is 9.97. The zero-order chi connectivity index (χ0) is 43.6. The summed E-state index contributed by atoms with van der Waals surface area (Å²) in [6.45, 7) is 2.83. The summed E-state index contributed by atoms with van der Waals surface area (Å²) in [5.41, 5.74) is 7.61. The predicted octanol–water partition coefficient (Wildman–Crippen LogP) is 7.28. The van der Waals surface area contributed by atoms with Crippen molar-refractivity contribution < 1.29 is 38.0 Å². The van der Waals surface area contributed by atoms with E-state index in [1.54, 1.807) is 36.4 Å². The van der Waals surface area contributed by atoms with Crippen molar-refractivity contribution in [3.8, 4) is 16.9 Å². The van der Waals surface area contributed by atoms with Crippen LogP contribution in [0, 0.1) is 6.92 Å². The highest BCUT2D eigenvalue weighted by molar-refractivity contribution is 7.89. The molecule has 6 aromatic carbocycles. The number of nitrogens with zero attached hydrogens (tertiary/aromatic N) is 1. The van der Waals surface area contributed by atoms with Crippen molar-refractivity contribution in [3.05, 3.63) is 191 Å². The van der Waals surface area contributed by atoms with Gasteiger partial charge in [0.25, 0.3) is 0 Å². The number of aliphatic hydroxyl groups is 2. The topological polar surface area (TPSA) is 158 Å². The van der Waals surface area contributed by atoms with Crippen molar-refractivity contribution in [1.82, 2.24) is 14.9 Å². The molecule has 1 heterocycles. The van der Waals surface area contributed by atoms with Gasteiger partial charge in [-0.05, 0) is 83.6 Å². The largest absolute Gasteiger partial charge is 0.508 e. The van der Waals surface area contributed by atoms with Gasteiger partial charge in [0.15, 0.2) is 6.29 Å². The van der Waals surface area contributed by atoms with Crippen LogP contribution in [0.15, 0.2) is 157 Å². The minimum Gasteiger partial charge on any atom is -0.508 e. The fourth-order valence-corrected chi connectivity index (χ4v) is 8.88. The van der Waals surface area contributed by atoms with E-state index in [0.717, 1.165) is 44.5 Å². The number of phenolic OH excluding ortho intramolecular Hbond substituents is 1. The van der Waals surface area contributed by atoms with E-state index in [1.807, 2.05) is 122 Å². The lowest BCUT2D eigenvalue weighted by Crippen LogP contribution is -2.47. The molecule has 0 spiro atoms. The van der Waals surface area contributed by atoms with Crippen LogP contribution in [-0.4, -0.2) is 66.8 Å². The molecule has 1 fully saturated rings. The maximum absolute atomic E-state index is 13.8. The Morgan fingerprint density at radius 3 is 2.21 bits per heavy atom. The number of nitrogens with one attached hydrogen (secondary N) is 2. The monoisotopic (exact) mass is 855 g/mol. The number of hydrogen-bond acceptors (Lipinski definition) is 9. The molecule has 1 amide bonds. The van der Waals surface area contributed by atoms with Crippen LogP contribution in [0.2, 0.25) is 0 Å². The van der Waals surface area contributed by atoms with Crippen LogP contribution in [0.1, 0.15) is 63.9 Å². The first kappa shape index (κ1) is 44.4. The van der Waals surface area contributed by atoms with Crippen LogP contribution in [-0.2, 0) is 43.9 Å². The Labute approximate surface area is 363 Å². The molecule has 5 unspecified atom stereocenters. The van der Waals surface area contributed by atoms with Crippen LogP contribution in [0.4, 0.5) is 0 Å². The fraction of sp³-hybridized carbons (Fsp3) is 0.260. The van der Waals surface area contributed by atoms with E-state index in [9.17, 15) is 28.5 Å². The van der Waals surface area contributed by atoms with Crippen molar-refractivity contribution in [1.29, 1.82) is 0 Å². The molecule has 0 aliphatic carbocycles. The minimum absolute atomic E-state index is 0.0564. The minimum atomic E-state index is -4.00. The number of phenols is 1. The number of likely N-dealkylation sites (N-methyl/N-ethyl adjacent to an activating group) is 1. The van der Waals surface area contributed by atoms with Gasteiger partial charge in [0, 0.05) is 31.6 Å². The molecule has 5 atom stereocenters. The molecule has 0 radical (unpaired) electrons. The molecule has 12 heteroatoms. The number of carbonyl (C=O) groups is 1. The molecule has 1 aliphatic rings. The summed E-state index contributed by atoms with van der Waals surface area (Å²) >= 11 is 0. The second-order valence-electron chi connectivity index (χ2n) is 15.9. The summed E-state index contributed by atoms with van der Waals surface area (Å²) in [5.74, 6) is -0.350. The maximum atomic E-state index is 13.8. The smallest absolute Gasteiger partial charge is 0.241 e. The van der Waals surface area contributed by atoms with E-state index < -0.39 is 34.4 Å². The number of aliphatic hydroxyl groups excluding tert-OH is 2. The van der Waals surface area contributed by atoms with E-state index in [-0.39, 0.29) is 42.4 Å². The molecule has 5 N–H and O–H groups in total. The summed E-state index contributed by atoms with van der Waals surface area (Å²) in [7, 11) is -2.07. The lowest BCUT2D eigenvalue weighted by Gasteiger charge is -2.38. The number of carbonyl (C=O) groups excluding carboxylic acids is 1. The van der Waals surface area contributed by atoms with Crippen molar-refractivity contribution in [2.24, 2.45) is 0 Å². The average Bonchev–Trinajstić information content (AvgIpc) is 3.28. The zero-order valence-electron chi connectivity index (χ0n) is 34.8. The van der Waals surface area contributed by atoms with Crippen molar-refractivity contribution in [3.63, 3.8) is 0 Å². The molecule has 322 valence electrons. The first-order valence-corrected chi connectivity index (χ1v) is 22.2. The number of amides is 1. The summed E-state index contributed by atoms with van der Waals surface area (Å²) in [6.07, 6.45) is -1.33. The molecular weight excluding hydrogens is 803 g/mol. The third-order valence-corrected chi connectivity index (χ3v) is 12.5. The van der Waals surface area contributed by atoms with Gasteiger partial charge in [-0.1, -0.05) is 133 Å². The summed E-state index contributed by atoms with van der Waals surface area (Å²) in [4.78, 5) is 15.9. The van der Waals surface area contributed by atoms with Gasteiger partial charge >= 0.3 is 0 Å². The Morgan fingerprint density at radius 1 is 0.806 bits per heavy atom. The molecule has 1 aliphatic heterocycles. The first-order chi connectivity index (χ1) is 29.9. The van der Waals surface area contributed by atoms with Gasteiger partial charge in [-0.2, -0.15) is 4.72 Å². The Morgan fingerprint density at radius 2 is 1.50 bits per heavy atom. The van der Waals surface area contributed by atoms with Gasteiger partial charge in [-0.3, -0.25) is 4.79 Å². The first-order valence-electron chi connectivity index (χ1n) is 20.7. The van der Waals surface area contributed by atoms with Crippen LogP contribution in [0.3, 0.4) is 0 Å². The normalized spacial score (nSPS) is 17.7. The highest BCUT2D eigenvalue weighted by Gasteiger charge is 2.33. The number of benzene rings is 6. The highest BCUT2D eigenvalue weighted by atomic mass is 32.2. The van der Waals surface area contributed by atoms with Crippen molar-refractivity contribution >= 4 is 15.9 Å². The van der Waals surface area contributed by atoms with Crippen LogP contribution >= 0.6 is 0 Å².